The molecular weight excluding hydrogens is 390 g/mol. The Balaban J connectivity index is 1.42. The summed E-state index contributed by atoms with van der Waals surface area (Å²) in [4.78, 5) is 17.6. The molecule has 2 aromatic rings. The van der Waals surface area contributed by atoms with Crippen LogP contribution in [0.25, 0.3) is 0 Å². The fraction of sp³-hybridized carbons (Fsp3) is 0.480. The summed E-state index contributed by atoms with van der Waals surface area (Å²) < 4.78 is 10.9. The minimum absolute atomic E-state index is 0.0741. The first-order valence-electron chi connectivity index (χ1n) is 11.3. The summed E-state index contributed by atoms with van der Waals surface area (Å²) >= 11 is 0. The van der Waals surface area contributed by atoms with Crippen LogP contribution in [0, 0.1) is 6.92 Å². The number of rotatable bonds is 7. The SMILES string of the molecule is Cc1cccc(NC(=O)N(CCCN2CCCCC2C)Cc2ccc3c(c2)OCO3)c1. The number of ether oxygens (including phenoxy) is 2. The maximum atomic E-state index is 13.2. The second-order valence-corrected chi connectivity index (χ2v) is 8.64. The summed E-state index contributed by atoms with van der Waals surface area (Å²) in [6.45, 7) is 8.02. The molecule has 0 spiro atoms. The Bertz CT molecular complexity index is 901. The highest BCUT2D eigenvalue weighted by molar-refractivity contribution is 5.89. The highest BCUT2D eigenvalue weighted by Crippen LogP contribution is 2.33. The van der Waals surface area contributed by atoms with Crippen LogP contribution in [0.3, 0.4) is 0 Å². The average molecular weight is 424 g/mol. The predicted molar refractivity (Wildman–Crippen MR) is 123 cm³/mol. The van der Waals surface area contributed by atoms with Crippen molar-refractivity contribution in [2.24, 2.45) is 0 Å². The van der Waals surface area contributed by atoms with Gasteiger partial charge >= 0.3 is 6.03 Å². The Morgan fingerprint density at radius 2 is 2.03 bits per heavy atom. The number of piperidine rings is 1. The number of aryl methyl sites for hydroxylation is 1. The van der Waals surface area contributed by atoms with E-state index in [1.54, 1.807) is 0 Å². The van der Waals surface area contributed by atoms with Crippen molar-refractivity contribution in [3.05, 3.63) is 53.6 Å². The maximum Gasteiger partial charge on any atom is 0.322 e. The van der Waals surface area contributed by atoms with Gasteiger partial charge in [0, 0.05) is 31.4 Å². The Labute approximate surface area is 185 Å². The third-order valence-corrected chi connectivity index (χ3v) is 6.18. The Hall–Kier alpha value is -2.73. The standard InChI is InChI=1S/C25H33N3O3/c1-19-7-5-9-22(15-19)26-25(29)28(14-6-13-27-12-4-3-8-20(27)2)17-21-10-11-23-24(16-21)31-18-30-23/h5,7,9-11,15-16,20H,3-4,6,8,12-14,17-18H2,1-2H3,(H,26,29). The largest absolute Gasteiger partial charge is 0.454 e. The molecular formula is C25H33N3O3. The van der Waals surface area contributed by atoms with Crippen molar-refractivity contribution in [1.29, 1.82) is 0 Å². The van der Waals surface area contributed by atoms with E-state index in [-0.39, 0.29) is 12.8 Å². The Kier molecular flexibility index (Phi) is 6.97. The normalized spacial score (nSPS) is 18.1. The predicted octanol–water partition coefficient (Wildman–Crippen LogP) is 5.02. The van der Waals surface area contributed by atoms with E-state index in [2.05, 4.69) is 17.1 Å². The third-order valence-electron chi connectivity index (χ3n) is 6.18. The molecule has 6 heteroatoms. The molecule has 166 valence electrons. The van der Waals surface area contributed by atoms with Gasteiger partial charge in [-0.25, -0.2) is 4.79 Å². The quantitative estimate of drug-likeness (QED) is 0.679. The first kappa shape index (κ1) is 21.5. The average Bonchev–Trinajstić information content (AvgIpc) is 3.22. The van der Waals surface area contributed by atoms with Crippen LogP contribution in [0.1, 0.15) is 43.7 Å². The van der Waals surface area contributed by atoms with Gasteiger partial charge in [0.05, 0.1) is 0 Å². The molecule has 1 atom stereocenters. The number of amides is 2. The number of nitrogens with zero attached hydrogens (tertiary/aromatic N) is 2. The molecule has 1 fully saturated rings. The molecule has 0 saturated carbocycles. The van der Waals surface area contributed by atoms with E-state index in [1.165, 1.54) is 25.8 Å². The molecule has 0 aliphatic carbocycles. The van der Waals surface area contributed by atoms with Crippen LogP contribution in [-0.4, -0.2) is 48.3 Å². The van der Waals surface area contributed by atoms with Crippen molar-refractivity contribution in [2.45, 2.75) is 52.1 Å². The number of carbonyl (C=O) groups excluding carboxylic acids is 1. The van der Waals surface area contributed by atoms with Gasteiger partial charge in [0.1, 0.15) is 0 Å². The first-order chi connectivity index (χ1) is 15.1. The number of carbonyl (C=O) groups is 1. The van der Waals surface area contributed by atoms with Crippen LogP contribution < -0.4 is 14.8 Å². The van der Waals surface area contributed by atoms with Crippen molar-refractivity contribution in [2.75, 3.05) is 31.7 Å². The molecule has 1 saturated heterocycles. The molecule has 1 unspecified atom stereocenters. The van der Waals surface area contributed by atoms with Gasteiger partial charge < -0.3 is 24.6 Å². The van der Waals surface area contributed by atoms with E-state index < -0.39 is 0 Å². The maximum absolute atomic E-state index is 13.2. The molecule has 2 amide bonds. The fourth-order valence-corrected chi connectivity index (χ4v) is 4.39. The van der Waals surface area contributed by atoms with E-state index in [4.69, 9.17) is 9.47 Å². The molecule has 0 aromatic heterocycles. The van der Waals surface area contributed by atoms with E-state index in [0.29, 0.717) is 19.1 Å². The molecule has 31 heavy (non-hydrogen) atoms. The third kappa shape index (κ3) is 5.70. The topological polar surface area (TPSA) is 54.0 Å². The second-order valence-electron chi connectivity index (χ2n) is 8.64. The summed E-state index contributed by atoms with van der Waals surface area (Å²) in [5, 5.41) is 3.07. The van der Waals surface area contributed by atoms with Crippen molar-refractivity contribution in [3.8, 4) is 11.5 Å². The summed E-state index contributed by atoms with van der Waals surface area (Å²) in [5.74, 6) is 1.51. The van der Waals surface area contributed by atoms with Gasteiger partial charge in [-0.3, -0.25) is 0 Å². The van der Waals surface area contributed by atoms with Crippen LogP contribution >= 0.6 is 0 Å². The monoisotopic (exact) mass is 423 g/mol. The lowest BCUT2D eigenvalue weighted by Crippen LogP contribution is -2.40. The number of benzene rings is 2. The van der Waals surface area contributed by atoms with Gasteiger partial charge in [-0.15, -0.1) is 0 Å². The molecule has 4 rings (SSSR count). The van der Waals surface area contributed by atoms with Crippen molar-refractivity contribution in [3.63, 3.8) is 0 Å². The second kappa shape index (κ2) is 10.1. The van der Waals surface area contributed by atoms with E-state index in [1.807, 2.05) is 54.3 Å². The van der Waals surface area contributed by atoms with Crippen LogP contribution in [0.15, 0.2) is 42.5 Å². The lowest BCUT2D eigenvalue weighted by atomic mass is 10.0. The zero-order valence-electron chi connectivity index (χ0n) is 18.6. The Morgan fingerprint density at radius 1 is 1.16 bits per heavy atom. The summed E-state index contributed by atoms with van der Waals surface area (Å²) in [5.41, 5.74) is 2.99. The first-order valence-corrected chi connectivity index (χ1v) is 11.3. The number of nitrogens with one attached hydrogen (secondary N) is 1. The van der Waals surface area contributed by atoms with Crippen LogP contribution in [0.4, 0.5) is 10.5 Å². The number of fused-ring (bicyclic) bond motifs is 1. The molecule has 1 N–H and O–H groups in total. The zero-order valence-corrected chi connectivity index (χ0v) is 18.6. The molecule has 6 nitrogen and oxygen atoms in total. The molecule has 2 heterocycles. The lowest BCUT2D eigenvalue weighted by molar-refractivity contribution is 0.150. The summed E-state index contributed by atoms with van der Waals surface area (Å²) in [6, 6.07) is 14.4. The number of urea groups is 1. The van der Waals surface area contributed by atoms with Gasteiger partial charge in [0.25, 0.3) is 0 Å². The molecule has 2 aliphatic rings. The summed E-state index contributed by atoms with van der Waals surface area (Å²) in [7, 11) is 0. The number of anilines is 1. The highest BCUT2D eigenvalue weighted by atomic mass is 16.7. The lowest BCUT2D eigenvalue weighted by Gasteiger charge is -2.34. The smallest absolute Gasteiger partial charge is 0.322 e. The fourth-order valence-electron chi connectivity index (χ4n) is 4.39. The molecule has 0 radical (unpaired) electrons. The van der Waals surface area contributed by atoms with E-state index in [9.17, 15) is 4.79 Å². The molecule has 2 aliphatic heterocycles. The highest BCUT2D eigenvalue weighted by Gasteiger charge is 2.20. The van der Waals surface area contributed by atoms with Crippen molar-refractivity contribution < 1.29 is 14.3 Å². The van der Waals surface area contributed by atoms with Crippen LogP contribution in [0.5, 0.6) is 11.5 Å². The van der Waals surface area contributed by atoms with Gasteiger partial charge in [0.2, 0.25) is 6.79 Å². The molecule has 0 bridgehead atoms. The van der Waals surface area contributed by atoms with Crippen molar-refractivity contribution >= 4 is 11.7 Å². The summed E-state index contributed by atoms with van der Waals surface area (Å²) in [6.07, 6.45) is 4.83. The van der Waals surface area contributed by atoms with Crippen LogP contribution in [0.2, 0.25) is 0 Å². The zero-order chi connectivity index (χ0) is 21.6. The van der Waals surface area contributed by atoms with Gasteiger partial charge in [-0.2, -0.15) is 0 Å². The number of likely N-dealkylation sites (tertiary alicyclic amines) is 1. The minimum Gasteiger partial charge on any atom is -0.454 e. The number of hydrogen-bond acceptors (Lipinski definition) is 4. The van der Waals surface area contributed by atoms with Gasteiger partial charge in [0.15, 0.2) is 11.5 Å². The van der Waals surface area contributed by atoms with Crippen molar-refractivity contribution in [1.82, 2.24) is 9.80 Å². The van der Waals surface area contributed by atoms with E-state index in [0.717, 1.165) is 41.3 Å². The van der Waals surface area contributed by atoms with Gasteiger partial charge in [-0.05, 0) is 75.0 Å². The molecule has 2 aromatic carbocycles. The minimum atomic E-state index is -0.0741. The van der Waals surface area contributed by atoms with Gasteiger partial charge in [-0.1, -0.05) is 24.6 Å². The Morgan fingerprint density at radius 3 is 2.87 bits per heavy atom. The number of hydrogen-bond donors (Lipinski definition) is 1. The van der Waals surface area contributed by atoms with E-state index >= 15 is 0 Å². The van der Waals surface area contributed by atoms with Crippen LogP contribution in [-0.2, 0) is 6.54 Å².